The highest BCUT2D eigenvalue weighted by atomic mass is 16.5. The van der Waals surface area contributed by atoms with Gasteiger partial charge in [-0.15, -0.1) is 0 Å². The van der Waals surface area contributed by atoms with Crippen LogP contribution in [0.15, 0.2) is 65.3 Å². The van der Waals surface area contributed by atoms with Crippen molar-refractivity contribution in [2.24, 2.45) is 0 Å². The fourth-order valence-corrected chi connectivity index (χ4v) is 3.48. The molecular formula is C23H24N2O4. The summed E-state index contributed by atoms with van der Waals surface area (Å²) in [6, 6.07) is 14.9. The second-order valence-corrected chi connectivity index (χ2v) is 7.07. The molecule has 1 saturated heterocycles. The minimum Gasteiger partial charge on any atom is -0.497 e. The highest BCUT2D eigenvalue weighted by Gasteiger charge is 2.25. The van der Waals surface area contributed by atoms with Crippen LogP contribution in [0.5, 0.6) is 5.75 Å². The summed E-state index contributed by atoms with van der Waals surface area (Å²) in [5, 5.41) is 0. The molecule has 1 amide bonds. The van der Waals surface area contributed by atoms with E-state index in [0.29, 0.717) is 24.6 Å². The van der Waals surface area contributed by atoms with E-state index in [1.165, 1.54) is 0 Å². The maximum atomic E-state index is 13.2. The van der Waals surface area contributed by atoms with Gasteiger partial charge in [-0.1, -0.05) is 0 Å². The molecular weight excluding hydrogens is 368 g/mol. The number of hydrogen-bond donors (Lipinski definition) is 0. The van der Waals surface area contributed by atoms with E-state index in [1.54, 1.807) is 30.5 Å². The summed E-state index contributed by atoms with van der Waals surface area (Å²) in [7, 11) is 1.63. The molecule has 0 spiro atoms. The number of nitrogens with zero attached hydrogens (tertiary/aromatic N) is 2. The van der Waals surface area contributed by atoms with Gasteiger partial charge in [-0.25, -0.2) is 0 Å². The lowest BCUT2D eigenvalue weighted by atomic mass is 10.2. The highest BCUT2D eigenvalue weighted by Crippen LogP contribution is 2.26. The van der Waals surface area contributed by atoms with E-state index in [-0.39, 0.29) is 12.0 Å². The van der Waals surface area contributed by atoms with E-state index in [9.17, 15) is 4.79 Å². The summed E-state index contributed by atoms with van der Waals surface area (Å²) in [6.45, 7) is 1.78. The van der Waals surface area contributed by atoms with Crippen molar-refractivity contribution in [3.05, 3.63) is 72.2 Å². The van der Waals surface area contributed by atoms with Crippen LogP contribution >= 0.6 is 0 Å². The van der Waals surface area contributed by atoms with E-state index in [4.69, 9.17) is 13.9 Å². The van der Waals surface area contributed by atoms with Crippen LogP contribution in [0, 0.1) is 0 Å². The minimum atomic E-state index is -0.142. The molecule has 1 fully saturated rings. The molecule has 2 aromatic heterocycles. The number of methoxy groups -OCH3 is 1. The third-order valence-electron chi connectivity index (χ3n) is 5.05. The molecule has 4 rings (SSSR count). The number of carbonyl (C=O) groups is 1. The fourth-order valence-electron chi connectivity index (χ4n) is 3.48. The van der Waals surface area contributed by atoms with E-state index in [2.05, 4.69) is 4.98 Å². The average molecular weight is 392 g/mol. The molecule has 1 aliphatic heterocycles. The molecule has 150 valence electrons. The van der Waals surface area contributed by atoms with Crippen molar-refractivity contribution in [3.8, 4) is 17.1 Å². The molecule has 0 saturated carbocycles. The first-order chi connectivity index (χ1) is 14.2. The number of amides is 1. The predicted molar refractivity (Wildman–Crippen MR) is 109 cm³/mol. The maximum absolute atomic E-state index is 13.2. The number of rotatable bonds is 7. The maximum Gasteiger partial charge on any atom is 0.289 e. The van der Waals surface area contributed by atoms with Gasteiger partial charge in [0.2, 0.25) is 0 Å². The number of furan rings is 1. The summed E-state index contributed by atoms with van der Waals surface area (Å²) in [5.74, 6) is 1.61. The van der Waals surface area contributed by atoms with E-state index in [0.717, 1.165) is 36.3 Å². The van der Waals surface area contributed by atoms with Crippen molar-refractivity contribution in [2.45, 2.75) is 25.5 Å². The van der Waals surface area contributed by atoms with Gasteiger partial charge < -0.3 is 18.8 Å². The summed E-state index contributed by atoms with van der Waals surface area (Å²) in [6.07, 6.45) is 5.54. The Hall–Kier alpha value is -3.12. The van der Waals surface area contributed by atoms with Crippen molar-refractivity contribution in [2.75, 3.05) is 20.3 Å². The van der Waals surface area contributed by atoms with Crippen molar-refractivity contribution >= 4 is 5.91 Å². The van der Waals surface area contributed by atoms with E-state index in [1.807, 2.05) is 42.5 Å². The number of ether oxygens (including phenoxy) is 2. The Labute approximate surface area is 170 Å². The topological polar surface area (TPSA) is 64.8 Å². The first kappa shape index (κ1) is 19.2. The molecule has 0 radical (unpaired) electrons. The van der Waals surface area contributed by atoms with Crippen LogP contribution in [-0.4, -0.2) is 42.2 Å². The second kappa shape index (κ2) is 8.92. The zero-order valence-electron chi connectivity index (χ0n) is 16.4. The summed E-state index contributed by atoms with van der Waals surface area (Å²) in [4.78, 5) is 19.1. The van der Waals surface area contributed by atoms with Gasteiger partial charge in [0.05, 0.1) is 13.2 Å². The van der Waals surface area contributed by atoms with Gasteiger partial charge in [0.15, 0.2) is 5.76 Å². The molecule has 0 aliphatic carbocycles. The number of aromatic nitrogens is 1. The lowest BCUT2D eigenvalue weighted by Gasteiger charge is -2.24. The quantitative estimate of drug-likeness (QED) is 0.604. The standard InChI is InChI=1S/C23H24N2O4/c1-27-19-6-4-18(5-7-19)21-8-9-22(29-21)23(26)25(16-20-3-2-14-28-20)15-17-10-12-24-13-11-17/h4-13,20H,2-3,14-16H2,1H3. The lowest BCUT2D eigenvalue weighted by molar-refractivity contribution is 0.0484. The molecule has 0 N–H and O–H groups in total. The Morgan fingerprint density at radius 2 is 1.93 bits per heavy atom. The molecule has 3 aromatic rings. The molecule has 1 atom stereocenters. The average Bonchev–Trinajstić information content (AvgIpc) is 3.46. The molecule has 3 heterocycles. The molecule has 1 aromatic carbocycles. The van der Waals surface area contributed by atoms with Gasteiger partial charge in [0.25, 0.3) is 5.91 Å². The third kappa shape index (κ3) is 4.66. The van der Waals surface area contributed by atoms with Gasteiger partial charge >= 0.3 is 0 Å². The van der Waals surface area contributed by atoms with Crippen LogP contribution in [0.4, 0.5) is 0 Å². The van der Waals surface area contributed by atoms with Gasteiger partial charge in [-0.3, -0.25) is 9.78 Å². The summed E-state index contributed by atoms with van der Waals surface area (Å²) < 4.78 is 16.8. The lowest BCUT2D eigenvalue weighted by Crippen LogP contribution is -2.36. The normalized spacial score (nSPS) is 16.0. The van der Waals surface area contributed by atoms with Crippen LogP contribution in [0.1, 0.15) is 29.0 Å². The van der Waals surface area contributed by atoms with Crippen molar-refractivity contribution in [1.29, 1.82) is 0 Å². The predicted octanol–water partition coefficient (Wildman–Crippen LogP) is 4.17. The molecule has 6 heteroatoms. The van der Waals surface area contributed by atoms with Gasteiger partial charge in [0, 0.05) is 37.7 Å². The van der Waals surface area contributed by atoms with Gasteiger partial charge in [0.1, 0.15) is 11.5 Å². The smallest absolute Gasteiger partial charge is 0.289 e. The molecule has 0 bridgehead atoms. The fraction of sp³-hybridized carbons (Fsp3) is 0.304. The van der Waals surface area contributed by atoms with Gasteiger partial charge in [-0.05, 0) is 66.9 Å². The van der Waals surface area contributed by atoms with E-state index < -0.39 is 0 Å². The molecule has 29 heavy (non-hydrogen) atoms. The first-order valence-electron chi connectivity index (χ1n) is 9.77. The van der Waals surface area contributed by atoms with Crippen molar-refractivity contribution in [1.82, 2.24) is 9.88 Å². The zero-order valence-corrected chi connectivity index (χ0v) is 16.4. The number of benzene rings is 1. The van der Waals surface area contributed by atoms with Crippen molar-refractivity contribution in [3.63, 3.8) is 0 Å². The monoisotopic (exact) mass is 392 g/mol. The highest BCUT2D eigenvalue weighted by molar-refractivity contribution is 5.92. The molecule has 1 unspecified atom stereocenters. The molecule has 1 aliphatic rings. The van der Waals surface area contributed by atoms with Crippen molar-refractivity contribution < 1.29 is 18.7 Å². The van der Waals surface area contributed by atoms with Crippen LogP contribution in [0.2, 0.25) is 0 Å². The Kier molecular flexibility index (Phi) is 5.91. The van der Waals surface area contributed by atoms with Crippen LogP contribution in [0.25, 0.3) is 11.3 Å². The first-order valence-corrected chi connectivity index (χ1v) is 9.77. The number of carbonyl (C=O) groups excluding carboxylic acids is 1. The van der Waals surface area contributed by atoms with E-state index >= 15 is 0 Å². The second-order valence-electron chi connectivity index (χ2n) is 7.07. The summed E-state index contributed by atoms with van der Waals surface area (Å²) >= 11 is 0. The zero-order chi connectivity index (χ0) is 20.1. The number of hydrogen-bond acceptors (Lipinski definition) is 5. The van der Waals surface area contributed by atoms with Crippen LogP contribution in [-0.2, 0) is 11.3 Å². The van der Waals surface area contributed by atoms with Crippen LogP contribution in [0.3, 0.4) is 0 Å². The minimum absolute atomic E-state index is 0.0665. The Morgan fingerprint density at radius 3 is 2.62 bits per heavy atom. The number of pyridine rings is 1. The van der Waals surface area contributed by atoms with Gasteiger partial charge in [-0.2, -0.15) is 0 Å². The van der Waals surface area contributed by atoms with Crippen LogP contribution < -0.4 is 4.74 Å². The Bertz CT molecular complexity index is 931. The Morgan fingerprint density at radius 1 is 1.14 bits per heavy atom. The summed E-state index contributed by atoms with van der Waals surface area (Å²) in [5.41, 5.74) is 1.91. The molecule has 6 nitrogen and oxygen atoms in total. The SMILES string of the molecule is COc1ccc(-c2ccc(C(=O)N(Cc3ccncc3)CC3CCCO3)o2)cc1. The third-order valence-corrected chi connectivity index (χ3v) is 5.05. The largest absolute Gasteiger partial charge is 0.497 e. The Balaban J connectivity index is 1.53.